The molecular weight excluding hydrogens is 432 g/mol. The molecule has 3 aromatic rings. The van der Waals surface area contributed by atoms with Gasteiger partial charge in [0.1, 0.15) is 17.2 Å². The molecule has 0 fully saturated rings. The maximum Gasteiger partial charge on any atom is 0.180 e. The molecule has 1 unspecified atom stereocenters. The molecule has 0 saturated heterocycles. The number of para-hydroxylation sites is 1. The van der Waals surface area contributed by atoms with E-state index in [-0.39, 0.29) is 13.2 Å². The number of fused-ring (bicyclic) bond motifs is 1. The predicted octanol–water partition coefficient (Wildman–Crippen LogP) is 3.42. The zero-order valence-electron chi connectivity index (χ0n) is 16.8. The lowest BCUT2D eigenvalue weighted by atomic mass is 10.2. The molecule has 7 nitrogen and oxygen atoms in total. The third-order valence-corrected chi connectivity index (χ3v) is 6.45. The minimum absolute atomic E-state index is 0.233. The molecule has 1 aliphatic heterocycles. The number of thiazole rings is 1. The molecule has 0 spiro atoms. The van der Waals surface area contributed by atoms with Crippen LogP contribution in [0.3, 0.4) is 0 Å². The highest BCUT2D eigenvalue weighted by atomic mass is 32.2. The number of rotatable bonds is 9. The quantitative estimate of drug-likeness (QED) is 0.363. The van der Waals surface area contributed by atoms with Gasteiger partial charge in [0, 0.05) is 18.5 Å². The SMILES string of the molecule is Nc1nc2c(s1)CN(SCc1cccc(Oc3ccccc3)c1)C=C2NCC(O)CO. The number of nitrogens with two attached hydrogens (primary N) is 1. The Morgan fingerprint density at radius 2 is 2.00 bits per heavy atom. The lowest BCUT2D eigenvalue weighted by Gasteiger charge is -2.26. The number of anilines is 1. The summed E-state index contributed by atoms with van der Waals surface area (Å²) < 4.78 is 8.06. The van der Waals surface area contributed by atoms with E-state index in [4.69, 9.17) is 15.6 Å². The Bertz CT molecular complexity index is 1040. The van der Waals surface area contributed by atoms with Crippen LogP contribution in [0.4, 0.5) is 5.13 Å². The fraction of sp³-hybridized carbons (Fsp3) is 0.227. The summed E-state index contributed by atoms with van der Waals surface area (Å²) in [5.74, 6) is 2.37. The minimum atomic E-state index is -0.837. The van der Waals surface area contributed by atoms with Gasteiger partial charge >= 0.3 is 0 Å². The monoisotopic (exact) mass is 456 g/mol. The van der Waals surface area contributed by atoms with Gasteiger partial charge in [-0.05, 0) is 41.8 Å². The summed E-state index contributed by atoms with van der Waals surface area (Å²) in [6.45, 7) is 0.631. The van der Waals surface area contributed by atoms with Crippen LogP contribution in [0.2, 0.25) is 0 Å². The molecule has 0 bridgehead atoms. The molecule has 5 N–H and O–H groups in total. The lowest BCUT2D eigenvalue weighted by molar-refractivity contribution is 0.0977. The Kier molecular flexibility index (Phi) is 6.98. The van der Waals surface area contributed by atoms with Crippen LogP contribution in [0.1, 0.15) is 16.1 Å². The molecule has 9 heteroatoms. The van der Waals surface area contributed by atoms with Gasteiger partial charge in [-0.3, -0.25) is 0 Å². The van der Waals surface area contributed by atoms with Crippen molar-refractivity contribution >= 4 is 34.1 Å². The molecule has 1 aromatic heterocycles. The van der Waals surface area contributed by atoms with Gasteiger partial charge in [0.25, 0.3) is 0 Å². The van der Waals surface area contributed by atoms with Gasteiger partial charge in [0.2, 0.25) is 0 Å². The minimum Gasteiger partial charge on any atom is -0.457 e. The van der Waals surface area contributed by atoms with Crippen LogP contribution >= 0.6 is 23.3 Å². The number of nitrogen functional groups attached to an aromatic ring is 1. The van der Waals surface area contributed by atoms with Gasteiger partial charge in [-0.1, -0.05) is 41.7 Å². The van der Waals surface area contributed by atoms with Gasteiger partial charge in [0.05, 0.1) is 29.8 Å². The zero-order valence-corrected chi connectivity index (χ0v) is 18.4. The molecular formula is C22H24N4O3S2. The average molecular weight is 457 g/mol. The van der Waals surface area contributed by atoms with Crippen molar-refractivity contribution in [3.05, 3.63) is 76.9 Å². The van der Waals surface area contributed by atoms with Gasteiger partial charge in [-0.15, -0.1) is 0 Å². The summed E-state index contributed by atoms with van der Waals surface area (Å²) in [6.07, 6.45) is 1.14. The Morgan fingerprint density at radius 3 is 2.81 bits per heavy atom. The van der Waals surface area contributed by atoms with Crippen molar-refractivity contribution in [1.29, 1.82) is 0 Å². The van der Waals surface area contributed by atoms with Gasteiger partial charge < -0.3 is 30.3 Å². The Hall–Kier alpha value is -2.72. The molecule has 0 amide bonds. The molecule has 0 saturated carbocycles. The van der Waals surface area contributed by atoms with E-state index in [0.29, 0.717) is 11.7 Å². The first-order valence-corrected chi connectivity index (χ1v) is 11.6. The average Bonchev–Trinajstić information content (AvgIpc) is 3.17. The highest BCUT2D eigenvalue weighted by Gasteiger charge is 2.22. The summed E-state index contributed by atoms with van der Waals surface area (Å²) in [5.41, 5.74) is 8.66. The van der Waals surface area contributed by atoms with Crippen molar-refractivity contribution in [2.45, 2.75) is 18.4 Å². The maximum absolute atomic E-state index is 9.68. The summed E-state index contributed by atoms with van der Waals surface area (Å²) in [5, 5.41) is 22.4. The van der Waals surface area contributed by atoms with Crippen LogP contribution in [0.25, 0.3) is 5.70 Å². The molecule has 1 aliphatic rings. The van der Waals surface area contributed by atoms with Crippen molar-refractivity contribution in [3.8, 4) is 11.5 Å². The number of aromatic nitrogens is 1. The molecule has 162 valence electrons. The van der Waals surface area contributed by atoms with Crippen molar-refractivity contribution in [2.24, 2.45) is 0 Å². The Labute approximate surface area is 189 Å². The predicted molar refractivity (Wildman–Crippen MR) is 125 cm³/mol. The Balaban J connectivity index is 1.42. The highest BCUT2D eigenvalue weighted by molar-refractivity contribution is 7.96. The first-order chi connectivity index (χ1) is 15.1. The van der Waals surface area contributed by atoms with Crippen molar-refractivity contribution in [2.75, 3.05) is 18.9 Å². The second-order valence-electron chi connectivity index (χ2n) is 7.00. The molecule has 4 rings (SSSR count). The van der Waals surface area contributed by atoms with Crippen LogP contribution in [-0.4, -0.2) is 38.8 Å². The first-order valence-electron chi connectivity index (χ1n) is 9.82. The number of benzene rings is 2. The molecule has 0 radical (unpaired) electrons. The maximum atomic E-state index is 9.68. The van der Waals surface area contributed by atoms with Gasteiger partial charge in [-0.25, -0.2) is 4.98 Å². The van der Waals surface area contributed by atoms with Crippen LogP contribution in [0, 0.1) is 0 Å². The summed E-state index contributed by atoms with van der Waals surface area (Å²) in [6, 6.07) is 17.8. The van der Waals surface area contributed by atoms with Crippen LogP contribution in [0.5, 0.6) is 11.5 Å². The van der Waals surface area contributed by atoms with E-state index >= 15 is 0 Å². The van der Waals surface area contributed by atoms with E-state index in [2.05, 4.69) is 20.7 Å². The van der Waals surface area contributed by atoms with Gasteiger partial charge in [-0.2, -0.15) is 0 Å². The molecule has 2 heterocycles. The van der Waals surface area contributed by atoms with Crippen LogP contribution in [0.15, 0.2) is 60.8 Å². The number of hydrogen-bond acceptors (Lipinski definition) is 9. The van der Waals surface area contributed by atoms with E-state index in [0.717, 1.165) is 39.1 Å². The number of aliphatic hydroxyl groups excluding tert-OH is 2. The largest absolute Gasteiger partial charge is 0.457 e. The first kappa shape index (κ1) is 21.5. The Morgan fingerprint density at radius 1 is 1.19 bits per heavy atom. The zero-order chi connectivity index (χ0) is 21.6. The van der Waals surface area contributed by atoms with E-state index in [1.165, 1.54) is 11.3 Å². The van der Waals surface area contributed by atoms with Crippen LogP contribution < -0.4 is 15.8 Å². The third kappa shape index (κ3) is 5.71. The number of nitrogens with one attached hydrogen (secondary N) is 1. The highest BCUT2D eigenvalue weighted by Crippen LogP contribution is 2.35. The van der Waals surface area contributed by atoms with Crippen molar-refractivity contribution < 1.29 is 14.9 Å². The lowest BCUT2D eigenvalue weighted by Crippen LogP contribution is -2.30. The second-order valence-corrected chi connectivity index (χ2v) is 9.13. The number of ether oxygens (including phenoxy) is 1. The fourth-order valence-electron chi connectivity index (χ4n) is 3.07. The van der Waals surface area contributed by atoms with Crippen LogP contribution in [-0.2, 0) is 12.3 Å². The fourth-order valence-corrected chi connectivity index (χ4v) is 4.89. The molecule has 2 aromatic carbocycles. The van der Waals surface area contributed by atoms with Crippen molar-refractivity contribution in [3.63, 3.8) is 0 Å². The second kappa shape index (κ2) is 10.1. The summed E-state index contributed by atoms with van der Waals surface area (Å²) in [4.78, 5) is 5.47. The van der Waals surface area contributed by atoms with E-state index in [1.807, 2.05) is 54.7 Å². The van der Waals surface area contributed by atoms with E-state index in [9.17, 15) is 5.11 Å². The van der Waals surface area contributed by atoms with Crippen molar-refractivity contribution in [1.82, 2.24) is 14.6 Å². The standard InChI is InChI=1S/C22H24N4O3S2/c23-22-25-21-19(24-10-16(28)13-27)11-26(12-20(21)31-22)30-14-15-5-4-8-18(9-15)29-17-6-2-1-3-7-17/h1-9,11,16,24,27-28H,10,12-14H2,(H2,23,25). The third-order valence-electron chi connectivity index (χ3n) is 4.55. The van der Waals surface area contributed by atoms with E-state index < -0.39 is 6.10 Å². The molecule has 1 atom stereocenters. The number of aliphatic hydroxyl groups is 2. The van der Waals surface area contributed by atoms with Gasteiger partial charge in [0.15, 0.2) is 5.13 Å². The number of hydrogen-bond donors (Lipinski definition) is 4. The topological polar surface area (TPSA) is 104 Å². The molecule has 0 aliphatic carbocycles. The normalized spacial score (nSPS) is 14.0. The smallest absolute Gasteiger partial charge is 0.180 e. The van der Waals surface area contributed by atoms with E-state index in [1.54, 1.807) is 11.9 Å². The summed E-state index contributed by atoms with van der Waals surface area (Å²) in [7, 11) is 0. The summed E-state index contributed by atoms with van der Waals surface area (Å²) >= 11 is 3.13. The number of nitrogens with zero attached hydrogens (tertiary/aromatic N) is 2. The molecule has 31 heavy (non-hydrogen) atoms.